The number of benzene rings is 3. The topological polar surface area (TPSA) is 48.0 Å². The Morgan fingerprint density at radius 2 is 1.77 bits per heavy atom. The number of nitrogens with zero attached hydrogens (tertiary/aromatic N) is 1. The molecule has 3 aromatic carbocycles. The molecule has 0 spiro atoms. The van der Waals surface area contributed by atoms with E-state index in [1.54, 1.807) is 19.2 Å². The molecule has 3 aromatic rings. The zero-order valence-electron chi connectivity index (χ0n) is 23.0. The Balaban J connectivity index is 1.36. The van der Waals surface area contributed by atoms with Crippen molar-refractivity contribution in [1.82, 2.24) is 4.90 Å². The Labute approximate surface area is 230 Å². The Morgan fingerprint density at radius 3 is 2.51 bits per heavy atom. The maximum atomic E-state index is 15.0. The second-order valence-corrected chi connectivity index (χ2v) is 10.8. The molecule has 1 aliphatic heterocycles. The van der Waals surface area contributed by atoms with E-state index < -0.39 is 0 Å². The fourth-order valence-corrected chi connectivity index (χ4v) is 5.65. The van der Waals surface area contributed by atoms with Gasteiger partial charge >= 0.3 is 5.97 Å². The molecular weight excluding hydrogens is 493 g/mol. The fraction of sp³-hybridized carbons (Fsp3) is 0.424. The van der Waals surface area contributed by atoms with Gasteiger partial charge in [0.2, 0.25) is 0 Å². The molecule has 1 aliphatic carbocycles. The van der Waals surface area contributed by atoms with Crippen molar-refractivity contribution >= 4 is 5.97 Å². The third-order valence-corrected chi connectivity index (χ3v) is 7.97. The third-order valence-electron chi connectivity index (χ3n) is 7.97. The van der Waals surface area contributed by atoms with E-state index in [1.807, 2.05) is 24.3 Å². The second kappa shape index (κ2) is 12.6. The molecule has 1 saturated carbocycles. The molecule has 1 saturated heterocycles. The van der Waals surface area contributed by atoms with Gasteiger partial charge in [-0.15, -0.1) is 0 Å². The summed E-state index contributed by atoms with van der Waals surface area (Å²) < 4.78 is 31.5. The summed E-state index contributed by atoms with van der Waals surface area (Å²) in [4.78, 5) is 14.4. The van der Waals surface area contributed by atoms with Crippen LogP contribution in [0.25, 0.3) is 11.1 Å². The Kier molecular flexibility index (Phi) is 8.82. The van der Waals surface area contributed by atoms with Crippen molar-refractivity contribution in [2.75, 3.05) is 27.3 Å². The van der Waals surface area contributed by atoms with Crippen LogP contribution in [0.2, 0.25) is 0 Å². The number of halogens is 1. The number of carbonyl (C=O) groups excluding carboxylic acids is 1. The lowest BCUT2D eigenvalue weighted by atomic mass is 9.91. The van der Waals surface area contributed by atoms with Gasteiger partial charge in [0.05, 0.1) is 20.6 Å². The first-order valence-electron chi connectivity index (χ1n) is 14.0. The van der Waals surface area contributed by atoms with Gasteiger partial charge in [-0.2, -0.15) is 0 Å². The van der Waals surface area contributed by atoms with Crippen LogP contribution in [0.15, 0.2) is 60.7 Å². The predicted octanol–water partition coefficient (Wildman–Crippen LogP) is 7.12. The molecule has 206 valence electrons. The highest BCUT2D eigenvalue weighted by molar-refractivity contribution is 5.71. The van der Waals surface area contributed by atoms with E-state index in [4.69, 9.17) is 14.2 Å². The average Bonchev–Trinajstić information content (AvgIpc) is 3.81. The number of piperidine rings is 1. The first-order chi connectivity index (χ1) is 19.0. The van der Waals surface area contributed by atoms with Crippen molar-refractivity contribution in [2.24, 2.45) is 5.92 Å². The largest absolute Gasteiger partial charge is 0.497 e. The zero-order valence-corrected chi connectivity index (χ0v) is 23.0. The molecule has 39 heavy (non-hydrogen) atoms. The number of hydrogen-bond donors (Lipinski definition) is 0. The molecule has 2 fully saturated rings. The smallest absolute Gasteiger partial charge is 0.306 e. The molecule has 6 heteroatoms. The van der Waals surface area contributed by atoms with Crippen molar-refractivity contribution in [3.63, 3.8) is 0 Å². The van der Waals surface area contributed by atoms with E-state index in [0.717, 1.165) is 60.5 Å². The minimum absolute atomic E-state index is 0.161. The first kappa shape index (κ1) is 27.2. The van der Waals surface area contributed by atoms with Crippen LogP contribution in [0, 0.1) is 11.7 Å². The fourth-order valence-electron chi connectivity index (χ4n) is 5.65. The van der Waals surface area contributed by atoms with Crippen LogP contribution in [-0.2, 0) is 22.7 Å². The monoisotopic (exact) mass is 531 g/mol. The highest BCUT2D eigenvalue weighted by atomic mass is 19.1. The van der Waals surface area contributed by atoms with E-state index in [0.29, 0.717) is 30.3 Å². The number of carbonyl (C=O) groups is 1. The third kappa shape index (κ3) is 6.99. The van der Waals surface area contributed by atoms with E-state index in [1.165, 1.54) is 32.4 Å². The Morgan fingerprint density at radius 1 is 0.949 bits per heavy atom. The van der Waals surface area contributed by atoms with Crippen molar-refractivity contribution in [3.05, 3.63) is 83.2 Å². The summed E-state index contributed by atoms with van der Waals surface area (Å²) in [5.41, 5.74) is 4.68. The van der Waals surface area contributed by atoms with Crippen molar-refractivity contribution < 1.29 is 23.4 Å². The van der Waals surface area contributed by atoms with Crippen LogP contribution in [0.4, 0.5) is 4.39 Å². The number of ether oxygens (including phenoxy) is 3. The minimum Gasteiger partial charge on any atom is -0.497 e. The number of methoxy groups -OCH3 is 2. The quantitative estimate of drug-likeness (QED) is 0.247. The molecular formula is C33H38FNO4. The Bertz CT molecular complexity index is 1280. The summed E-state index contributed by atoms with van der Waals surface area (Å²) in [7, 11) is 3.04. The first-order valence-corrected chi connectivity index (χ1v) is 14.0. The summed E-state index contributed by atoms with van der Waals surface area (Å²) in [5, 5.41) is 0. The molecule has 5 nitrogen and oxygen atoms in total. The van der Waals surface area contributed by atoms with Gasteiger partial charge in [0.1, 0.15) is 23.9 Å². The lowest BCUT2D eigenvalue weighted by molar-refractivity contribution is -0.141. The summed E-state index contributed by atoms with van der Waals surface area (Å²) in [6, 6.07) is 19.2. The molecule has 2 aliphatic rings. The minimum atomic E-state index is -0.256. The molecule has 1 heterocycles. The van der Waals surface area contributed by atoms with Gasteiger partial charge in [-0.1, -0.05) is 36.8 Å². The Hall–Kier alpha value is -3.38. The van der Waals surface area contributed by atoms with Crippen molar-refractivity contribution in [2.45, 2.75) is 57.6 Å². The molecule has 0 radical (unpaired) electrons. The van der Waals surface area contributed by atoms with Gasteiger partial charge in [-0.3, -0.25) is 9.69 Å². The van der Waals surface area contributed by atoms with Gasteiger partial charge in [0, 0.05) is 12.1 Å². The molecule has 0 aromatic heterocycles. The van der Waals surface area contributed by atoms with Crippen LogP contribution in [0.3, 0.4) is 0 Å². The molecule has 0 amide bonds. The van der Waals surface area contributed by atoms with Gasteiger partial charge in [-0.05, 0) is 103 Å². The van der Waals surface area contributed by atoms with E-state index in [9.17, 15) is 9.18 Å². The highest BCUT2D eigenvalue weighted by Crippen LogP contribution is 2.45. The second-order valence-electron chi connectivity index (χ2n) is 10.8. The van der Waals surface area contributed by atoms with Gasteiger partial charge in [0.25, 0.3) is 0 Å². The molecule has 0 N–H and O–H groups in total. The van der Waals surface area contributed by atoms with Crippen molar-refractivity contribution in [3.8, 4) is 22.6 Å². The molecule has 5 rings (SSSR count). The van der Waals surface area contributed by atoms with Crippen LogP contribution < -0.4 is 9.47 Å². The van der Waals surface area contributed by atoms with E-state index in [2.05, 4.69) is 23.1 Å². The van der Waals surface area contributed by atoms with Crippen molar-refractivity contribution in [1.29, 1.82) is 0 Å². The molecule has 0 unspecified atom stereocenters. The normalized spacial score (nSPS) is 16.5. The number of likely N-dealkylation sites (tertiary alicyclic amines) is 1. The lowest BCUT2D eigenvalue weighted by Gasteiger charge is -2.27. The predicted molar refractivity (Wildman–Crippen MR) is 150 cm³/mol. The molecule has 1 atom stereocenters. The maximum absolute atomic E-state index is 15.0. The number of rotatable bonds is 11. The summed E-state index contributed by atoms with van der Waals surface area (Å²) in [6.45, 7) is 3.29. The highest BCUT2D eigenvalue weighted by Gasteiger charge is 2.34. The number of hydrogen-bond acceptors (Lipinski definition) is 5. The summed E-state index contributed by atoms with van der Waals surface area (Å²) >= 11 is 0. The zero-order chi connectivity index (χ0) is 27.2. The number of esters is 1. The van der Waals surface area contributed by atoms with Gasteiger partial charge in [0.15, 0.2) is 0 Å². The van der Waals surface area contributed by atoms with Crippen LogP contribution in [0.5, 0.6) is 11.5 Å². The van der Waals surface area contributed by atoms with Gasteiger partial charge in [-0.25, -0.2) is 4.39 Å². The summed E-state index contributed by atoms with van der Waals surface area (Å²) in [5.74, 6) is 1.68. The van der Waals surface area contributed by atoms with Crippen LogP contribution >= 0.6 is 0 Å². The average molecular weight is 532 g/mol. The van der Waals surface area contributed by atoms with E-state index in [-0.39, 0.29) is 17.7 Å². The van der Waals surface area contributed by atoms with Crippen LogP contribution in [0.1, 0.15) is 61.1 Å². The lowest BCUT2D eigenvalue weighted by Crippen LogP contribution is -2.29. The van der Waals surface area contributed by atoms with E-state index >= 15 is 0 Å². The summed E-state index contributed by atoms with van der Waals surface area (Å²) in [6.07, 6.45) is 6.34. The van der Waals surface area contributed by atoms with Crippen LogP contribution in [-0.4, -0.2) is 38.2 Å². The van der Waals surface area contributed by atoms with Gasteiger partial charge < -0.3 is 14.2 Å². The standard InChI is InChI=1S/C33H38FNO4/c1-37-27-12-14-32(34)31(19-27)29-13-9-23(17-26(29)21-35-15-4-3-5-16-35)22-39-28-8-6-7-25(18-28)30(24-10-11-24)20-33(36)38-2/h6-9,12-14,17-19,24,30H,3-5,10-11,15-16,20-22H2,1-2H3/t30-/m1/s1. The maximum Gasteiger partial charge on any atom is 0.306 e. The SMILES string of the molecule is COC(=O)C[C@@H](c1cccc(OCc2ccc(-c3cc(OC)ccc3F)c(CN3CCCCC3)c2)c1)C1CC1. The molecule has 0 bridgehead atoms.